The lowest BCUT2D eigenvalue weighted by Crippen LogP contribution is -2.48. The van der Waals surface area contributed by atoms with Crippen molar-refractivity contribution in [1.29, 1.82) is 0 Å². The fraction of sp³-hybridized carbons (Fsp3) is 0.571. The molecule has 36 heavy (non-hydrogen) atoms. The molecule has 0 spiro atoms. The molecule has 2 aromatic rings. The molecule has 1 aliphatic rings. The number of nitrogens with zero attached hydrogens (tertiary/aromatic N) is 2. The Hall–Kier alpha value is -2.81. The Morgan fingerprint density at radius 3 is 2.50 bits per heavy atom. The molecule has 1 fully saturated rings. The Morgan fingerprint density at radius 1 is 1.22 bits per heavy atom. The third-order valence-corrected chi connectivity index (χ3v) is 6.56. The van der Waals surface area contributed by atoms with Gasteiger partial charge < -0.3 is 19.7 Å². The summed E-state index contributed by atoms with van der Waals surface area (Å²) < 4.78 is 91.8. The fourth-order valence-electron chi connectivity index (χ4n) is 3.89. The van der Waals surface area contributed by atoms with Crippen molar-refractivity contribution in [3.63, 3.8) is 0 Å². The number of carbonyl (C=O) groups is 2. The molecular formula is C21H23F6N3O5S. The van der Waals surface area contributed by atoms with Gasteiger partial charge in [0.1, 0.15) is 12.7 Å². The summed E-state index contributed by atoms with van der Waals surface area (Å²) in [5.74, 6) is -0.853. The monoisotopic (exact) mass is 543 g/mol. The van der Waals surface area contributed by atoms with Gasteiger partial charge in [0.2, 0.25) is 5.88 Å². The molecule has 2 aromatic heterocycles. The van der Waals surface area contributed by atoms with E-state index in [1.54, 1.807) is 6.92 Å². The molecule has 1 aliphatic heterocycles. The van der Waals surface area contributed by atoms with Crippen LogP contribution in [0.4, 0.5) is 31.1 Å². The van der Waals surface area contributed by atoms with Crippen LogP contribution in [0.25, 0.3) is 10.2 Å². The number of amides is 2. The summed E-state index contributed by atoms with van der Waals surface area (Å²) in [6, 6.07) is -0.478. The summed E-state index contributed by atoms with van der Waals surface area (Å²) in [6.45, 7) is 1.54. The van der Waals surface area contributed by atoms with Crippen LogP contribution < -0.4 is 10.1 Å². The number of rotatable bonds is 6. The van der Waals surface area contributed by atoms with Crippen LogP contribution in [0.1, 0.15) is 41.3 Å². The second-order valence-electron chi connectivity index (χ2n) is 8.04. The number of hydrogen-bond donors (Lipinski definition) is 1. The Morgan fingerprint density at radius 2 is 1.92 bits per heavy atom. The minimum Gasteiger partial charge on any atom is -0.474 e. The van der Waals surface area contributed by atoms with Crippen LogP contribution in [0.2, 0.25) is 0 Å². The second-order valence-corrected chi connectivity index (χ2v) is 8.92. The molecule has 2 amide bonds. The number of fused-ring (bicyclic) bond motifs is 1. The number of carbonyl (C=O) groups excluding carboxylic acids is 2. The number of ether oxygens (including phenoxy) is 3. The van der Waals surface area contributed by atoms with Crippen LogP contribution in [0.15, 0.2) is 5.38 Å². The average molecular weight is 543 g/mol. The number of hydrogen-bond acceptors (Lipinski definition) is 7. The van der Waals surface area contributed by atoms with Crippen molar-refractivity contribution >= 4 is 33.6 Å². The Kier molecular flexibility index (Phi) is 8.23. The van der Waals surface area contributed by atoms with Crippen molar-refractivity contribution in [3.05, 3.63) is 22.1 Å². The maximum absolute atomic E-state index is 13.9. The van der Waals surface area contributed by atoms with Crippen LogP contribution in [0, 0.1) is 6.92 Å². The number of thiophene rings is 1. The zero-order valence-corrected chi connectivity index (χ0v) is 20.2. The minimum atomic E-state index is -4.83. The van der Waals surface area contributed by atoms with Crippen LogP contribution >= 0.6 is 11.3 Å². The van der Waals surface area contributed by atoms with E-state index in [-0.39, 0.29) is 46.6 Å². The number of alkyl halides is 6. The van der Waals surface area contributed by atoms with Crippen LogP contribution in [0.5, 0.6) is 5.88 Å². The Balaban J connectivity index is 1.74. The summed E-state index contributed by atoms with van der Waals surface area (Å²) in [7, 11) is 1.35. The number of likely N-dealkylation sites (tertiary alicyclic amines) is 1. The first-order chi connectivity index (χ1) is 16.7. The Labute approximate surface area is 205 Å². The first-order valence-electron chi connectivity index (χ1n) is 10.7. The van der Waals surface area contributed by atoms with E-state index >= 15 is 0 Å². The van der Waals surface area contributed by atoms with Crippen molar-refractivity contribution in [2.45, 2.75) is 51.4 Å². The van der Waals surface area contributed by atoms with Crippen molar-refractivity contribution in [2.24, 2.45) is 0 Å². The van der Waals surface area contributed by atoms with Crippen molar-refractivity contribution < 1.29 is 50.1 Å². The molecule has 0 saturated carbocycles. The summed E-state index contributed by atoms with van der Waals surface area (Å²) >= 11 is 0.765. The topological polar surface area (TPSA) is 90.0 Å². The van der Waals surface area contributed by atoms with E-state index in [1.165, 1.54) is 24.3 Å². The van der Waals surface area contributed by atoms with Gasteiger partial charge in [-0.3, -0.25) is 9.53 Å². The van der Waals surface area contributed by atoms with Gasteiger partial charge in [0.15, 0.2) is 0 Å². The highest BCUT2D eigenvalue weighted by atomic mass is 32.1. The molecule has 200 valence electrons. The fourth-order valence-corrected chi connectivity index (χ4v) is 5.00. The number of nitrogens with one attached hydrogen (secondary N) is 1. The molecule has 2 unspecified atom stereocenters. The third kappa shape index (κ3) is 6.30. The molecule has 0 bridgehead atoms. The van der Waals surface area contributed by atoms with Crippen molar-refractivity contribution in [3.8, 4) is 5.88 Å². The van der Waals surface area contributed by atoms with Crippen LogP contribution in [-0.4, -0.2) is 67.2 Å². The van der Waals surface area contributed by atoms with Gasteiger partial charge in [0.05, 0.1) is 28.0 Å². The van der Waals surface area contributed by atoms with Gasteiger partial charge in [-0.2, -0.15) is 13.2 Å². The smallest absolute Gasteiger partial charge is 0.474 e. The van der Waals surface area contributed by atoms with E-state index in [0.29, 0.717) is 0 Å². The number of pyridine rings is 1. The molecule has 0 aliphatic carbocycles. The van der Waals surface area contributed by atoms with E-state index in [0.717, 1.165) is 11.3 Å². The van der Waals surface area contributed by atoms with Crippen molar-refractivity contribution in [2.75, 3.05) is 26.8 Å². The maximum Gasteiger partial charge on any atom is 0.522 e. The van der Waals surface area contributed by atoms with Gasteiger partial charge >= 0.3 is 18.6 Å². The predicted molar refractivity (Wildman–Crippen MR) is 116 cm³/mol. The highest BCUT2D eigenvalue weighted by molar-refractivity contribution is 7.17. The molecular weight excluding hydrogens is 520 g/mol. The van der Waals surface area contributed by atoms with Gasteiger partial charge in [-0.15, -0.1) is 24.5 Å². The first kappa shape index (κ1) is 27.8. The molecule has 0 radical (unpaired) electrons. The molecule has 2 atom stereocenters. The lowest BCUT2D eigenvalue weighted by atomic mass is 10.0. The average Bonchev–Trinajstić information content (AvgIpc) is 3.18. The molecule has 8 nitrogen and oxygen atoms in total. The quantitative estimate of drug-likeness (QED) is 0.413. The number of halogens is 6. The summed E-state index contributed by atoms with van der Waals surface area (Å²) in [5.41, 5.74) is -1.28. The zero-order valence-electron chi connectivity index (χ0n) is 19.4. The minimum absolute atomic E-state index is 0.00622. The third-order valence-electron chi connectivity index (χ3n) is 5.57. The van der Waals surface area contributed by atoms with E-state index in [1.807, 2.05) is 0 Å². The van der Waals surface area contributed by atoms with Gasteiger partial charge in [0.25, 0.3) is 5.91 Å². The van der Waals surface area contributed by atoms with E-state index in [2.05, 4.69) is 15.0 Å². The predicted octanol–water partition coefficient (Wildman–Crippen LogP) is 4.89. The molecule has 1 N–H and O–H groups in total. The molecule has 3 rings (SSSR count). The maximum atomic E-state index is 13.9. The Bertz CT molecular complexity index is 1120. The second kappa shape index (κ2) is 10.7. The molecule has 15 heteroatoms. The number of piperidine rings is 1. The van der Waals surface area contributed by atoms with Gasteiger partial charge in [-0.1, -0.05) is 0 Å². The van der Waals surface area contributed by atoms with Crippen LogP contribution in [-0.2, 0) is 15.7 Å². The molecule has 3 heterocycles. The standard InChI is InChI=1S/C21H23F6N3O5S/c1-10-8-12(4-5-30(10)19(32)33-6-7-34-21(25,26)27)35-18-11(2)14(20(22,23)24)16-15(29-18)13(9-36-16)17(31)28-3/h9-10,12H,4-8H2,1-3H3,(H,28,31). The summed E-state index contributed by atoms with van der Waals surface area (Å²) in [4.78, 5) is 29.9. The summed E-state index contributed by atoms with van der Waals surface area (Å²) in [6.07, 6.45) is -10.6. The number of aromatic nitrogens is 1. The molecule has 0 aromatic carbocycles. The largest absolute Gasteiger partial charge is 0.522 e. The molecule has 1 saturated heterocycles. The lowest BCUT2D eigenvalue weighted by molar-refractivity contribution is -0.326. The van der Waals surface area contributed by atoms with Crippen molar-refractivity contribution in [1.82, 2.24) is 15.2 Å². The van der Waals surface area contributed by atoms with Crippen LogP contribution in [0.3, 0.4) is 0 Å². The van der Waals surface area contributed by atoms with E-state index in [9.17, 15) is 35.9 Å². The lowest BCUT2D eigenvalue weighted by Gasteiger charge is -2.36. The highest BCUT2D eigenvalue weighted by Gasteiger charge is 2.39. The van der Waals surface area contributed by atoms with E-state index < -0.39 is 55.5 Å². The first-order valence-corrected chi connectivity index (χ1v) is 11.6. The van der Waals surface area contributed by atoms with Gasteiger partial charge in [0, 0.05) is 43.4 Å². The van der Waals surface area contributed by atoms with Gasteiger partial charge in [-0.25, -0.2) is 9.78 Å². The van der Waals surface area contributed by atoms with E-state index in [4.69, 9.17) is 9.47 Å². The van der Waals surface area contributed by atoms with Gasteiger partial charge in [-0.05, 0) is 13.8 Å². The summed E-state index contributed by atoms with van der Waals surface area (Å²) in [5, 5.41) is 3.68. The SMILES string of the molecule is CNC(=O)c1csc2c(C(F)(F)F)c(C)c(OC3CCN(C(=O)OCCOC(F)(F)F)C(C)C3)nc12. The zero-order chi connectivity index (χ0) is 26.8. The highest BCUT2D eigenvalue weighted by Crippen LogP contribution is 2.43. The normalized spacial score (nSPS) is 18.9.